The summed E-state index contributed by atoms with van der Waals surface area (Å²) < 4.78 is 0. The van der Waals surface area contributed by atoms with Gasteiger partial charge in [0.05, 0.1) is 0 Å². The zero-order chi connectivity index (χ0) is 12.3. The molecule has 3 heteroatoms. The summed E-state index contributed by atoms with van der Waals surface area (Å²) in [6, 6.07) is 6.26. The minimum absolute atomic E-state index is 0.0236. The van der Waals surface area contributed by atoms with Crippen molar-refractivity contribution in [2.45, 2.75) is 26.7 Å². The van der Waals surface area contributed by atoms with Crippen LogP contribution in [0.1, 0.15) is 25.0 Å². The molecule has 0 fully saturated rings. The molecule has 3 nitrogen and oxygen atoms in total. The lowest BCUT2D eigenvalue weighted by molar-refractivity contribution is -0.118. The topological polar surface area (TPSA) is 41.1 Å². The molecule has 0 atom stereocenters. The van der Waals surface area contributed by atoms with Gasteiger partial charge in [0.1, 0.15) is 0 Å². The zero-order valence-electron chi connectivity index (χ0n) is 10.5. The summed E-state index contributed by atoms with van der Waals surface area (Å²) in [7, 11) is 0. The summed E-state index contributed by atoms with van der Waals surface area (Å²) in [6.07, 6.45) is 2.12. The fraction of sp³-hybridized carbons (Fsp3) is 0.500. The summed E-state index contributed by atoms with van der Waals surface area (Å²) >= 11 is 0. The maximum Gasteiger partial charge on any atom is 0.226 e. The van der Waals surface area contributed by atoms with Crippen LogP contribution in [0.5, 0.6) is 0 Å². The molecule has 0 unspecified atom stereocenters. The first-order valence-electron chi connectivity index (χ1n) is 6.30. The Bertz CT molecular complexity index is 413. The Morgan fingerprint density at radius 1 is 1.24 bits per heavy atom. The van der Waals surface area contributed by atoms with Crippen LogP contribution in [0.4, 0.5) is 5.69 Å². The van der Waals surface area contributed by atoms with Crippen molar-refractivity contribution in [2.75, 3.05) is 18.4 Å². The minimum atomic E-state index is 0.0236. The van der Waals surface area contributed by atoms with Gasteiger partial charge in [0.25, 0.3) is 0 Å². The van der Waals surface area contributed by atoms with Crippen LogP contribution in [0.25, 0.3) is 0 Å². The Balaban J connectivity index is 2.15. The Morgan fingerprint density at radius 2 is 1.94 bits per heavy atom. The van der Waals surface area contributed by atoms with Crippen molar-refractivity contribution in [3.8, 4) is 0 Å². The third kappa shape index (κ3) is 3.07. The number of benzene rings is 1. The Labute approximate surface area is 103 Å². The molecule has 0 bridgehead atoms. The molecule has 0 saturated carbocycles. The number of carbonyl (C=O) groups is 1. The molecule has 1 amide bonds. The smallest absolute Gasteiger partial charge is 0.226 e. The summed E-state index contributed by atoms with van der Waals surface area (Å²) in [5, 5.41) is 6.34. The van der Waals surface area contributed by atoms with Crippen LogP contribution < -0.4 is 10.6 Å². The molecule has 17 heavy (non-hydrogen) atoms. The predicted octanol–water partition coefficient (Wildman–Crippen LogP) is 1.97. The lowest BCUT2D eigenvalue weighted by atomic mass is 10.0. The van der Waals surface area contributed by atoms with Gasteiger partial charge in [0, 0.05) is 11.6 Å². The predicted molar refractivity (Wildman–Crippen MR) is 70.2 cm³/mol. The molecule has 2 N–H and O–H groups in total. The SMILES string of the molecule is CC(C)C(=O)Nc1ccc2c(c1)CCNCC2. The van der Waals surface area contributed by atoms with Crippen molar-refractivity contribution in [1.82, 2.24) is 5.32 Å². The standard InChI is InChI=1S/C14H20N2O/c1-10(2)14(17)16-13-4-3-11-5-7-15-8-6-12(11)9-13/h3-4,9-10,15H,5-8H2,1-2H3,(H,16,17). The molecular formula is C14H20N2O. The van der Waals surface area contributed by atoms with E-state index in [0.29, 0.717) is 0 Å². The number of rotatable bonds is 2. The number of fused-ring (bicyclic) bond motifs is 1. The van der Waals surface area contributed by atoms with E-state index in [1.807, 2.05) is 19.9 Å². The molecule has 0 aliphatic carbocycles. The summed E-state index contributed by atoms with van der Waals surface area (Å²) in [5.74, 6) is 0.104. The summed E-state index contributed by atoms with van der Waals surface area (Å²) in [4.78, 5) is 11.6. The van der Waals surface area contributed by atoms with Gasteiger partial charge in [0.15, 0.2) is 0 Å². The van der Waals surface area contributed by atoms with E-state index in [1.165, 1.54) is 11.1 Å². The maximum atomic E-state index is 11.6. The number of carbonyl (C=O) groups excluding carboxylic acids is 1. The van der Waals surface area contributed by atoms with Gasteiger partial charge < -0.3 is 10.6 Å². The van der Waals surface area contributed by atoms with Crippen LogP contribution in [0.15, 0.2) is 18.2 Å². The number of nitrogens with one attached hydrogen (secondary N) is 2. The molecule has 0 spiro atoms. The van der Waals surface area contributed by atoms with Gasteiger partial charge in [-0.3, -0.25) is 4.79 Å². The summed E-state index contributed by atoms with van der Waals surface area (Å²) in [5.41, 5.74) is 3.68. The van der Waals surface area contributed by atoms with Gasteiger partial charge in [-0.1, -0.05) is 19.9 Å². The number of anilines is 1. The fourth-order valence-electron chi connectivity index (χ4n) is 2.04. The molecule has 92 valence electrons. The van der Waals surface area contributed by atoms with E-state index in [-0.39, 0.29) is 11.8 Å². The average molecular weight is 232 g/mol. The highest BCUT2D eigenvalue weighted by Crippen LogP contribution is 2.19. The van der Waals surface area contributed by atoms with Crippen molar-refractivity contribution in [3.05, 3.63) is 29.3 Å². The van der Waals surface area contributed by atoms with Gasteiger partial charge in [-0.2, -0.15) is 0 Å². The monoisotopic (exact) mass is 232 g/mol. The van der Waals surface area contributed by atoms with E-state index < -0.39 is 0 Å². The van der Waals surface area contributed by atoms with Crippen LogP contribution >= 0.6 is 0 Å². The first-order valence-corrected chi connectivity index (χ1v) is 6.30. The van der Waals surface area contributed by atoms with E-state index in [2.05, 4.69) is 22.8 Å². The van der Waals surface area contributed by atoms with Gasteiger partial charge in [-0.15, -0.1) is 0 Å². The van der Waals surface area contributed by atoms with Gasteiger partial charge in [-0.05, 0) is 49.2 Å². The second-order valence-corrected chi connectivity index (χ2v) is 4.88. The van der Waals surface area contributed by atoms with Gasteiger partial charge >= 0.3 is 0 Å². The van der Waals surface area contributed by atoms with Crippen LogP contribution in [0.2, 0.25) is 0 Å². The van der Waals surface area contributed by atoms with Crippen molar-refractivity contribution >= 4 is 11.6 Å². The Morgan fingerprint density at radius 3 is 2.65 bits per heavy atom. The largest absolute Gasteiger partial charge is 0.326 e. The molecule has 1 aliphatic heterocycles. The van der Waals surface area contributed by atoms with Crippen molar-refractivity contribution in [3.63, 3.8) is 0 Å². The van der Waals surface area contributed by atoms with Crippen molar-refractivity contribution in [2.24, 2.45) is 5.92 Å². The maximum absolute atomic E-state index is 11.6. The fourth-order valence-corrected chi connectivity index (χ4v) is 2.04. The lowest BCUT2D eigenvalue weighted by Crippen LogP contribution is -2.18. The lowest BCUT2D eigenvalue weighted by Gasteiger charge is -2.11. The third-order valence-corrected chi connectivity index (χ3v) is 3.14. The van der Waals surface area contributed by atoms with E-state index in [9.17, 15) is 4.79 Å². The van der Waals surface area contributed by atoms with Crippen LogP contribution in [0, 0.1) is 5.92 Å². The highest BCUT2D eigenvalue weighted by atomic mass is 16.1. The van der Waals surface area contributed by atoms with Gasteiger partial charge in [0.2, 0.25) is 5.91 Å². The Hall–Kier alpha value is -1.35. The van der Waals surface area contributed by atoms with E-state index in [1.54, 1.807) is 0 Å². The van der Waals surface area contributed by atoms with Crippen LogP contribution in [-0.4, -0.2) is 19.0 Å². The number of hydrogen-bond acceptors (Lipinski definition) is 2. The number of amides is 1. The first kappa shape index (κ1) is 12.1. The highest BCUT2D eigenvalue weighted by Gasteiger charge is 2.10. The normalized spacial score (nSPS) is 15.2. The molecule has 0 radical (unpaired) electrons. The molecule has 2 rings (SSSR count). The third-order valence-electron chi connectivity index (χ3n) is 3.14. The van der Waals surface area contributed by atoms with Crippen LogP contribution in [-0.2, 0) is 17.6 Å². The number of hydrogen-bond donors (Lipinski definition) is 2. The van der Waals surface area contributed by atoms with E-state index in [4.69, 9.17) is 0 Å². The quantitative estimate of drug-likeness (QED) is 0.818. The molecule has 1 aromatic rings. The second kappa shape index (κ2) is 5.32. The van der Waals surface area contributed by atoms with Crippen LogP contribution in [0.3, 0.4) is 0 Å². The molecule has 0 saturated heterocycles. The molecule has 0 aromatic heterocycles. The van der Waals surface area contributed by atoms with E-state index in [0.717, 1.165) is 31.6 Å². The van der Waals surface area contributed by atoms with E-state index >= 15 is 0 Å². The molecular weight excluding hydrogens is 212 g/mol. The first-order chi connectivity index (χ1) is 8.16. The van der Waals surface area contributed by atoms with Crippen molar-refractivity contribution in [1.29, 1.82) is 0 Å². The molecule has 1 aromatic carbocycles. The zero-order valence-corrected chi connectivity index (χ0v) is 10.5. The second-order valence-electron chi connectivity index (χ2n) is 4.88. The van der Waals surface area contributed by atoms with Gasteiger partial charge in [-0.25, -0.2) is 0 Å². The average Bonchev–Trinajstić information content (AvgIpc) is 2.53. The minimum Gasteiger partial charge on any atom is -0.326 e. The Kier molecular flexibility index (Phi) is 3.79. The molecule has 1 aliphatic rings. The highest BCUT2D eigenvalue weighted by molar-refractivity contribution is 5.92. The van der Waals surface area contributed by atoms with Crippen molar-refractivity contribution < 1.29 is 4.79 Å². The molecule has 1 heterocycles. The summed E-state index contributed by atoms with van der Waals surface area (Å²) in [6.45, 7) is 5.88.